The first kappa shape index (κ1) is 11.5. The van der Waals surface area contributed by atoms with E-state index in [0.717, 1.165) is 0 Å². The molecular weight excluding hydrogens is 278 g/mol. The number of anilines is 1. The standard InChI is InChI=1S/C15H8ClNO3/c16-8-5-6-11-12(7-8)17-13(18)9-3-1-2-4-10(9)14(17)20-15(11)19/h1-7,14H/t14-/m1/s1. The van der Waals surface area contributed by atoms with Gasteiger partial charge in [0.1, 0.15) is 0 Å². The van der Waals surface area contributed by atoms with Crippen LogP contribution in [0.1, 0.15) is 32.5 Å². The third kappa shape index (κ3) is 1.37. The van der Waals surface area contributed by atoms with Gasteiger partial charge >= 0.3 is 5.97 Å². The van der Waals surface area contributed by atoms with Crippen molar-refractivity contribution in [3.05, 3.63) is 64.2 Å². The fraction of sp³-hybridized carbons (Fsp3) is 0.0667. The fourth-order valence-corrected chi connectivity index (χ4v) is 2.84. The molecule has 5 heteroatoms. The smallest absolute Gasteiger partial charge is 0.342 e. The molecular formula is C15H8ClNO3. The summed E-state index contributed by atoms with van der Waals surface area (Å²) in [6.07, 6.45) is -0.697. The molecule has 2 aliphatic rings. The van der Waals surface area contributed by atoms with E-state index >= 15 is 0 Å². The highest BCUT2D eigenvalue weighted by Crippen LogP contribution is 2.44. The molecule has 0 aliphatic carbocycles. The zero-order chi connectivity index (χ0) is 13.9. The number of hydrogen-bond donors (Lipinski definition) is 0. The van der Waals surface area contributed by atoms with Crippen molar-refractivity contribution in [1.29, 1.82) is 0 Å². The minimum atomic E-state index is -0.697. The highest BCUT2D eigenvalue weighted by Gasteiger charge is 2.44. The second-order valence-corrected chi connectivity index (χ2v) is 5.12. The summed E-state index contributed by atoms with van der Waals surface area (Å²) in [6.45, 7) is 0. The van der Waals surface area contributed by atoms with Gasteiger partial charge in [-0.3, -0.25) is 9.69 Å². The number of amides is 1. The topological polar surface area (TPSA) is 46.6 Å². The highest BCUT2D eigenvalue weighted by molar-refractivity contribution is 6.31. The van der Waals surface area contributed by atoms with Crippen LogP contribution in [0.25, 0.3) is 0 Å². The number of esters is 1. The summed E-state index contributed by atoms with van der Waals surface area (Å²) in [5.41, 5.74) is 2.11. The number of ether oxygens (including phenoxy) is 1. The maximum Gasteiger partial charge on any atom is 0.342 e. The van der Waals surface area contributed by atoms with Gasteiger partial charge in [0, 0.05) is 16.1 Å². The van der Waals surface area contributed by atoms with Crippen molar-refractivity contribution in [1.82, 2.24) is 0 Å². The summed E-state index contributed by atoms with van der Waals surface area (Å²) < 4.78 is 5.40. The predicted molar refractivity (Wildman–Crippen MR) is 72.9 cm³/mol. The Morgan fingerprint density at radius 2 is 1.85 bits per heavy atom. The second-order valence-electron chi connectivity index (χ2n) is 4.68. The summed E-state index contributed by atoms with van der Waals surface area (Å²) >= 11 is 5.98. The van der Waals surface area contributed by atoms with Gasteiger partial charge in [-0.05, 0) is 24.3 Å². The molecule has 4 rings (SSSR count). The van der Waals surface area contributed by atoms with Crippen LogP contribution in [0.15, 0.2) is 42.5 Å². The van der Waals surface area contributed by atoms with E-state index in [1.54, 1.807) is 36.4 Å². The van der Waals surface area contributed by atoms with Crippen LogP contribution in [-0.2, 0) is 4.74 Å². The van der Waals surface area contributed by atoms with Gasteiger partial charge < -0.3 is 4.74 Å². The lowest BCUT2D eigenvalue weighted by molar-refractivity contribution is 0.0273. The van der Waals surface area contributed by atoms with Gasteiger partial charge in [0.25, 0.3) is 5.91 Å². The number of carbonyl (C=O) groups excluding carboxylic acids is 2. The van der Waals surface area contributed by atoms with Crippen LogP contribution >= 0.6 is 11.6 Å². The molecule has 98 valence electrons. The first-order chi connectivity index (χ1) is 9.66. The Hall–Kier alpha value is -2.33. The zero-order valence-electron chi connectivity index (χ0n) is 10.2. The normalized spacial score (nSPS) is 19.2. The summed E-state index contributed by atoms with van der Waals surface area (Å²) in [6, 6.07) is 11.9. The Morgan fingerprint density at radius 3 is 2.70 bits per heavy atom. The van der Waals surface area contributed by atoms with Gasteiger partial charge in [0.15, 0.2) is 0 Å². The molecule has 0 N–H and O–H groups in total. The van der Waals surface area contributed by atoms with E-state index in [0.29, 0.717) is 27.4 Å². The average Bonchev–Trinajstić information content (AvgIpc) is 2.73. The number of rotatable bonds is 0. The van der Waals surface area contributed by atoms with Crippen molar-refractivity contribution in [3.63, 3.8) is 0 Å². The van der Waals surface area contributed by atoms with Gasteiger partial charge in [-0.2, -0.15) is 0 Å². The number of halogens is 1. The van der Waals surface area contributed by atoms with E-state index in [2.05, 4.69) is 0 Å². The van der Waals surface area contributed by atoms with E-state index in [9.17, 15) is 9.59 Å². The molecule has 2 aliphatic heterocycles. The van der Waals surface area contributed by atoms with E-state index in [1.807, 2.05) is 6.07 Å². The SMILES string of the molecule is O=C1O[C@@H]2c3ccccc3C(=O)N2c2cc(Cl)ccc21. The molecule has 0 unspecified atom stereocenters. The lowest BCUT2D eigenvalue weighted by Crippen LogP contribution is -2.36. The Morgan fingerprint density at radius 1 is 1.05 bits per heavy atom. The molecule has 4 nitrogen and oxygen atoms in total. The highest BCUT2D eigenvalue weighted by atomic mass is 35.5. The Labute approximate surface area is 119 Å². The molecule has 2 aromatic rings. The second kappa shape index (κ2) is 3.84. The summed E-state index contributed by atoms with van der Waals surface area (Å²) in [7, 11) is 0. The van der Waals surface area contributed by atoms with Crippen LogP contribution in [-0.4, -0.2) is 11.9 Å². The molecule has 0 radical (unpaired) electrons. The van der Waals surface area contributed by atoms with Crippen LogP contribution in [0.5, 0.6) is 0 Å². The molecule has 0 bridgehead atoms. The quantitative estimate of drug-likeness (QED) is 0.699. The average molecular weight is 286 g/mol. The largest absolute Gasteiger partial charge is 0.433 e. The van der Waals surface area contributed by atoms with Crippen molar-refractivity contribution >= 4 is 29.2 Å². The fourth-order valence-electron chi connectivity index (χ4n) is 2.68. The maximum atomic E-state index is 12.5. The van der Waals surface area contributed by atoms with Crippen molar-refractivity contribution in [2.75, 3.05) is 4.90 Å². The third-order valence-electron chi connectivity index (χ3n) is 3.57. The third-order valence-corrected chi connectivity index (χ3v) is 3.80. The number of nitrogens with zero attached hydrogens (tertiary/aromatic N) is 1. The molecule has 0 spiro atoms. The predicted octanol–water partition coefficient (Wildman–Crippen LogP) is 3.17. The molecule has 1 atom stereocenters. The van der Waals surface area contributed by atoms with E-state index in [1.165, 1.54) is 4.90 Å². The number of hydrogen-bond acceptors (Lipinski definition) is 3. The summed E-state index contributed by atoms with van der Waals surface area (Å²) in [4.78, 5) is 26.0. The van der Waals surface area contributed by atoms with Crippen LogP contribution in [0.3, 0.4) is 0 Å². The summed E-state index contributed by atoms with van der Waals surface area (Å²) in [5.74, 6) is -0.621. The van der Waals surface area contributed by atoms with Gasteiger partial charge in [-0.15, -0.1) is 0 Å². The molecule has 1 amide bonds. The monoisotopic (exact) mass is 285 g/mol. The van der Waals surface area contributed by atoms with Gasteiger partial charge in [0.2, 0.25) is 6.23 Å². The molecule has 0 saturated heterocycles. The molecule has 0 saturated carbocycles. The molecule has 20 heavy (non-hydrogen) atoms. The van der Waals surface area contributed by atoms with E-state index in [4.69, 9.17) is 16.3 Å². The number of fused-ring (bicyclic) bond motifs is 5. The van der Waals surface area contributed by atoms with Gasteiger partial charge in [0.05, 0.1) is 11.3 Å². The minimum Gasteiger partial charge on any atom is -0.433 e. The molecule has 0 aromatic heterocycles. The van der Waals surface area contributed by atoms with Crippen LogP contribution in [0, 0.1) is 0 Å². The van der Waals surface area contributed by atoms with E-state index in [-0.39, 0.29) is 5.91 Å². The van der Waals surface area contributed by atoms with Crippen molar-refractivity contribution in [3.8, 4) is 0 Å². The maximum absolute atomic E-state index is 12.5. The van der Waals surface area contributed by atoms with E-state index < -0.39 is 12.2 Å². The van der Waals surface area contributed by atoms with Crippen LogP contribution < -0.4 is 4.90 Å². The summed E-state index contributed by atoms with van der Waals surface area (Å²) in [5, 5.41) is 0.473. The van der Waals surface area contributed by atoms with Crippen molar-refractivity contribution in [2.24, 2.45) is 0 Å². The van der Waals surface area contributed by atoms with Crippen LogP contribution in [0.2, 0.25) is 5.02 Å². The first-order valence-corrected chi connectivity index (χ1v) is 6.47. The molecule has 2 heterocycles. The minimum absolute atomic E-state index is 0.179. The van der Waals surface area contributed by atoms with Gasteiger partial charge in [-0.1, -0.05) is 29.8 Å². The number of carbonyl (C=O) groups is 2. The van der Waals surface area contributed by atoms with Crippen molar-refractivity contribution in [2.45, 2.75) is 6.23 Å². The van der Waals surface area contributed by atoms with Crippen LogP contribution in [0.4, 0.5) is 5.69 Å². The lowest BCUT2D eigenvalue weighted by atomic mass is 10.1. The molecule has 2 aromatic carbocycles. The number of benzene rings is 2. The first-order valence-electron chi connectivity index (χ1n) is 6.10. The zero-order valence-corrected chi connectivity index (χ0v) is 10.9. The molecule has 0 fully saturated rings. The Bertz CT molecular complexity index is 771. The van der Waals surface area contributed by atoms with Gasteiger partial charge in [-0.25, -0.2) is 4.79 Å². The Balaban J connectivity index is 1.97. The Kier molecular flexibility index (Phi) is 2.20. The lowest BCUT2D eigenvalue weighted by Gasteiger charge is -2.31. The van der Waals surface area contributed by atoms with Crippen molar-refractivity contribution < 1.29 is 14.3 Å².